The quantitative estimate of drug-likeness (QED) is 0.562. The van der Waals surface area contributed by atoms with E-state index in [-0.39, 0.29) is 12.1 Å². The van der Waals surface area contributed by atoms with Crippen LogP contribution in [0.5, 0.6) is 0 Å². The minimum absolute atomic E-state index is 0.0114. The SMILES string of the molecule is [CH2]CCCC(=O)OC(C)C. The Balaban J connectivity index is 3.26. The van der Waals surface area contributed by atoms with Gasteiger partial charge in [-0.05, 0) is 20.3 Å². The second kappa shape index (κ2) is 5.27. The highest BCUT2D eigenvalue weighted by Gasteiger charge is 2.02. The number of carbonyl (C=O) groups excluding carboxylic acids is 1. The van der Waals surface area contributed by atoms with Crippen LogP contribution < -0.4 is 0 Å². The molecule has 0 amide bonds. The van der Waals surface area contributed by atoms with Gasteiger partial charge in [0.2, 0.25) is 0 Å². The Kier molecular flexibility index (Phi) is 4.99. The van der Waals surface area contributed by atoms with Crippen LogP contribution in [0.4, 0.5) is 0 Å². The zero-order valence-electron chi connectivity index (χ0n) is 6.72. The largest absolute Gasteiger partial charge is 0.463 e. The molecule has 2 heteroatoms. The maximum atomic E-state index is 10.8. The highest BCUT2D eigenvalue weighted by Crippen LogP contribution is 1.98. The van der Waals surface area contributed by atoms with Gasteiger partial charge >= 0.3 is 5.97 Å². The van der Waals surface area contributed by atoms with Crippen molar-refractivity contribution in [1.29, 1.82) is 0 Å². The van der Waals surface area contributed by atoms with E-state index in [1.54, 1.807) is 0 Å². The number of hydrogen-bond donors (Lipinski definition) is 0. The van der Waals surface area contributed by atoms with Crippen molar-refractivity contribution >= 4 is 5.97 Å². The molecule has 0 aromatic carbocycles. The van der Waals surface area contributed by atoms with E-state index in [0.29, 0.717) is 6.42 Å². The summed E-state index contributed by atoms with van der Waals surface area (Å²) in [5.74, 6) is -0.112. The average molecular weight is 143 g/mol. The van der Waals surface area contributed by atoms with Gasteiger partial charge in [0.15, 0.2) is 0 Å². The van der Waals surface area contributed by atoms with Gasteiger partial charge in [-0.15, -0.1) is 0 Å². The number of ether oxygens (including phenoxy) is 1. The van der Waals surface area contributed by atoms with Gasteiger partial charge in [-0.25, -0.2) is 0 Å². The minimum Gasteiger partial charge on any atom is -0.463 e. The number of carbonyl (C=O) groups is 1. The first-order valence-electron chi connectivity index (χ1n) is 3.65. The zero-order valence-corrected chi connectivity index (χ0v) is 6.72. The zero-order chi connectivity index (χ0) is 7.98. The van der Waals surface area contributed by atoms with Crippen molar-refractivity contribution in [3.05, 3.63) is 6.92 Å². The van der Waals surface area contributed by atoms with E-state index in [2.05, 4.69) is 6.92 Å². The summed E-state index contributed by atoms with van der Waals surface area (Å²) in [5.41, 5.74) is 0. The van der Waals surface area contributed by atoms with Crippen LogP contribution in [0.3, 0.4) is 0 Å². The van der Waals surface area contributed by atoms with E-state index >= 15 is 0 Å². The molecule has 0 unspecified atom stereocenters. The molecule has 0 saturated carbocycles. The Labute approximate surface area is 62.6 Å². The third-order valence-electron chi connectivity index (χ3n) is 0.998. The predicted molar refractivity (Wildman–Crippen MR) is 40.4 cm³/mol. The van der Waals surface area contributed by atoms with Crippen LogP contribution in [-0.2, 0) is 9.53 Å². The lowest BCUT2D eigenvalue weighted by atomic mass is 10.2. The number of unbranched alkanes of at least 4 members (excludes halogenated alkanes) is 1. The normalized spacial score (nSPS) is 10.0. The van der Waals surface area contributed by atoms with E-state index in [4.69, 9.17) is 4.74 Å². The molecule has 0 aromatic rings. The summed E-state index contributed by atoms with van der Waals surface area (Å²) in [4.78, 5) is 10.8. The Hall–Kier alpha value is -0.530. The smallest absolute Gasteiger partial charge is 0.306 e. The maximum absolute atomic E-state index is 10.8. The Morgan fingerprint density at radius 1 is 1.60 bits per heavy atom. The van der Waals surface area contributed by atoms with E-state index in [1.807, 2.05) is 13.8 Å². The van der Waals surface area contributed by atoms with Gasteiger partial charge in [-0.3, -0.25) is 4.79 Å². The Bertz CT molecular complexity index is 97.4. The summed E-state index contributed by atoms with van der Waals surface area (Å²) < 4.78 is 4.89. The average Bonchev–Trinajstić information content (AvgIpc) is 1.82. The van der Waals surface area contributed by atoms with E-state index in [9.17, 15) is 4.79 Å². The summed E-state index contributed by atoms with van der Waals surface area (Å²) in [5, 5.41) is 0. The molecular weight excluding hydrogens is 128 g/mol. The molecule has 0 rings (SSSR count). The van der Waals surface area contributed by atoms with E-state index < -0.39 is 0 Å². The second-order valence-electron chi connectivity index (χ2n) is 2.50. The molecule has 0 fully saturated rings. The van der Waals surface area contributed by atoms with Crippen molar-refractivity contribution < 1.29 is 9.53 Å². The molecule has 0 aliphatic carbocycles. The summed E-state index contributed by atoms with van der Waals surface area (Å²) >= 11 is 0. The Morgan fingerprint density at radius 3 is 2.60 bits per heavy atom. The Morgan fingerprint density at radius 2 is 2.20 bits per heavy atom. The molecule has 1 radical (unpaired) electrons. The molecule has 0 aliphatic rings. The van der Waals surface area contributed by atoms with Crippen molar-refractivity contribution in [2.45, 2.75) is 39.2 Å². The molecule has 0 aromatic heterocycles. The van der Waals surface area contributed by atoms with Gasteiger partial charge in [-0.2, -0.15) is 0 Å². The van der Waals surface area contributed by atoms with Gasteiger partial charge in [0.05, 0.1) is 6.10 Å². The molecule has 0 atom stereocenters. The van der Waals surface area contributed by atoms with Crippen molar-refractivity contribution in [3.63, 3.8) is 0 Å². The standard InChI is InChI=1S/C8H15O2/c1-4-5-6-8(9)10-7(2)3/h7H,1,4-6H2,2-3H3. The molecule has 0 spiro atoms. The second-order valence-corrected chi connectivity index (χ2v) is 2.50. The molecule has 0 aliphatic heterocycles. The van der Waals surface area contributed by atoms with Crippen LogP contribution in [-0.4, -0.2) is 12.1 Å². The topological polar surface area (TPSA) is 26.3 Å². The van der Waals surface area contributed by atoms with Crippen LogP contribution in [0.25, 0.3) is 0 Å². The third kappa shape index (κ3) is 5.60. The molecule has 10 heavy (non-hydrogen) atoms. The molecule has 0 saturated heterocycles. The molecule has 0 heterocycles. The lowest BCUT2D eigenvalue weighted by molar-refractivity contribution is -0.147. The molecule has 0 bridgehead atoms. The fourth-order valence-electron chi connectivity index (χ4n) is 0.591. The maximum Gasteiger partial charge on any atom is 0.306 e. The number of hydrogen-bond acceptors (Lipinski definition) is 2. The minimum atomic E-state index is -0.112. The van der Waals surface area contributed by atoms with Crippen LogP contribution in [0.2, 0.25) is 0 Å². The van der Waals surface area contributed by atoms with Gasteiger partial charge in [-0.1, -0.05) is 13.3 Å². The fraction of sp³-hybridized carbons (Fsp3) is 0.750. The highest BCUT2D eigenvalue weighted by molar-refractivity contribution is 5.69. The summed E-state index contributed by atoms with van der Waals surface area (Å²) in [6.07, 6.45) is 2.14. The first kappa shape index (κ1) is 9.47. The van der Waals surface area contributed by atoms with Crippen molar-refractivity contribution in [2.75, 3.05) is 0 Å². The van der Waals surface area contributed by atoms with Crippen molar-refractivity contribution in [2.24, 2.45) is 0 Å². The van der Waals surface area contributed by atoms with Crippen molar-refractivity contribution in [3.8, 4) is 0 Å². The van der Waals surface area contributed by atoms with Gasteiger partial charge < -0.3 is 4.74 Å². The van der Waals surface area contributed by atoms with Gasteiger partial charge in [0.1, 0.15) is 0 Å². The number of rotatable bonds is 4. The van der Waals surface area contributed by atoms with Gasteiger partial charge in [0.25, 0.3) is 0 Å². The van der Waals surface area contributed by atoms with Gasteiger partial charge in [0, 0.05) is 6.42 Å². The summed E-state index contributed by atoms with van der Waals surface area (Å²) in [7, 11) is 0. The van der Waals surface area contributed by atoms with E-state index in [0.717, 1.165) is 12.8 Å². The molecule has 59 valence electrons. The van der Waals surface area contributed by atoms with Crippen molar-refractivity contribution in [1.82, 2.24) is 0 Å². The molecular formula is C8H15O2. The lowest BCUT2D eigenvalue weighted by Gasteiger charge is -2.06. The monoisotopic (exact) mass is 143 g/mol. The predicted octanol–water partition coefficient (Wildman–Crippen LogP) is 1.94. The highest BCUT2D eigenvalue weighted by atomic mass is 16.5. The van der Waals surface area contributed by atoms with Crippen LogP contribution in [0, 0.1) is 6.92 Å². The summed E-state index contributed by atoms with van der Waals surface area (Å²) in [6.45, 7) is 7.33. The first-order valence-corrected chi connectivity index (χ1v) is 3.65. The lowest BCUT2D eigenvalue weighted by Crippen LogP contribution is -2.10. The van der Waals surface area contributed by atoms with Crippen LogP contribution in [0.1, 0.15) is 33.1 Å². The summed E-state index contributed by atoms with van der Waals surface area (Å²) in [6, 6.07) is 0. The van der Waals surface area contributed by atoms with Crippen LogP contribution >= 0.6 is 0 Å². The fourth-order valence-corrected chi connectivity index (χ4v) is 0.591. The van der Waals surface area contributed by atoms with Crippen LogP contribution in [0.15, 0.2) is 0 Å². The van der Waals surface area contributed by atoms with E-state index in [1.165, 1.54) is 0 Å². The molecule has 0 N–H and O–H groups in total. The first-order chi connectivity index (χ1) is 4.66. The third-order valence-corrected chi connectivity index (χ3v) is 0.998. The molecule has 2 nitrogen and oxygen atoms in total. The number of esters is 1.